The largest absolute Gasteiger partial charge is 0.490 e. The Morgan fingerprint density at radius 1 is 0.184 bits per heavy atom. The van der Waals surface area contributed by atoms with Crippen molar-refractivity contribution in [1.29, 1.82) is 0 Å². The van der Waals surface area contributed by atoms with Crippen LogP contribution in [0.2, 0.25) is 0 Å². The molecule has 0 saturated carbocycles. The lowest BCUT2D eigenvalue weighted by molar-refractivity contribution is 0.234. The fourth-order valence-corrected chi connectivity index (χ4v) is 16.4. The number of fused-ring (bicyclic) bond motifs is 2. The van der Waals surface area contributed by atoms with Crippen LogP contribution < -0.4 is 28.4 Å². The summed E-state index contributed by atoms with van der Waals surface area (Å²) in [6.45, 7) is 17.5. The van der Waals surface area contributed by atoms with Gasteiger partial charge in [-0.15, -0.1) is 0 Å². The quantitative estimate of drug-likeness (QED) is 0.0349. The zero-order valence-corrected chi connectivity index (χ0v) is 75.8. The minimum atomic E-state index is 0.500. The molecular formula is C104H180N2O8. The summed E-state index contributed by atoms with van der Waals surface area (Å²) in [5, 5.41) is 0. The maximum atomic E-state index is 6.88. The summed E-state index contributed by atoms with van der Waals surface area (Å²) in [5.41, 5.74) is 4.28. The number of hydrogen-bond donors (Lipinski definition) is 0. The van der Waals surface area contributed by atoms with Crippen LogP contribution in [0, 0.1) is 0 Å². The van der Waals surface area contributed by atoms with Gasteiger partial charge in [-0.1, -0.05) is 465 Å². The molecule has 654 valence electrons. The summed E-state index contributed by atoms with van der Waals surface area (Å²) in [4.78, 5) is 10.5. The van der Waals surface area contributed by atoms with Crippen molar-refractivity contribution in [3.05, 3.63) is 36.4 Å². The van der Waals surface area contributed by atoms with E-state index in [1.54, 1.807) is 0 Å². The highest BCUT2D eigenvalue weighted by molar-refractivity contribution is 5.91. The molecule has 0 aliphatic carbocycles. The molecular weight excluding hydrogens is 1410 g/mol. The lowest BCUT2D eigenvalue weighted by Crippen LogP contribution is -2.07. The number of hydrogen-bond acceptors (Lipinski definition) is 10. The van der Waals surface area contributed by atoms with Gasteiger partial charge in [0.05, 0.1) is 39.6 Å². The normalized spacial score (nSPS) is 11.7. The van der Waals surface area contributed by atoms with Crippen molar-refractivity contribution in [2.24, 2.45) is 0 Å². The Kier molecular flexibility index (Phi) is 63.5. The van der Waals surface area contributed by atoms with Gasteiger partial charge < -0.3 is 37.3 Å². The monoisotopic (exact) mass is 1590 g/mol. The van der Waals surface area contributed by atoms with Crippen molar-refractivity contribution in [3.8, 4) is 57.4 Å². The van der Waals surface area contributed by atoms with E-state index < -0.39 is 0 Å². The Morgan fingerprint density at radius 3 is 0.500 bits per heavy atom. The van der Waals surface area contributed by atoms with E-state index in [-0.39, 0.29) is 0 Å². The third-order valence-corrected chi connectivity index (χ3v) is 23.9. The first-order chi connectivity index (χ1) is 56.5. The Hall–Kier alpha value is -4.60. The standard InChI is InChI=1S/C104H180N2O8/c1-7-13-19-25-31-37-43-49-55-61-67-73-79-107-97-85-91(86-98(108-80-74-68-62-56-50-44-38-32-26-20-14-8-2)101(97)111-83-77-71-65-59-53-47-41-35-29-23-17-11-5)103-105-93-89-96-94(90-95(93)113-103)106-104(114-96)92-87-99(109-81-75-69-63-57-51-45-39-33-27-21-15-9-3)102(112-84-78-72-66-60-54-48-42-36-30-24-18-12-6)100(88-92)110-82-76-70-64-58-52-46-40-34-28-22-16-10-4/h85-90H,7-84H2,1-6H3. The maximum absolute atomic E-state index is 6.88. The molecule has 114 heavy (non-hydrogen) atoms. The topological polar surface area (TPSA) is 107 Å². The van der Waals surface area contributed by atoms with Crippen LogP contribution in [0.1, 0.15) is 504 Å². The number of nitrogens with zero attached hydrogens (tertiary/aromatic N) is 2. The van der Waals surface area contributed by atoms with Crippen LogP contribution >= 0.6 is 0 Å². The van der Waals surface area contributed by atoms with Crippen LogP contribution in [0.4, 0.5) is 0 Å². The SMILES string of the molecule is CCCCCCCCCCCCCCOc1cc(-c2nc3cc4oc(-c5cc(OCCCCCCCCCCCCCC)c(OCCCCCCCCCCCCCC)c(OCCCCCCCCCCCCCC)c5)nc4cc3o2)cc(OCCCCCCCCCCCCCC)c1OCCCCCCCCCCCCCC. The second-order valence-corrected chi connectivity index (χ2v) is 34.9. The van der Waals surface area contributed by atoms with Crippen LogP contribution in [0.25, 0.3) is 45.1 Å². The molecule has 0 radical (unpaired) electrons. The Labute approximate surface area is 702 Å². The van der Waals surface area contributed by atoms with Gasteiger partial charge in [0.25, 0.3) is 0 Å². The van der Waals surface area contributed by atoms with E-state index >= 15 is 0 Å². The molecule has 5 rings (SSSR count). The predicted octanol–water partition coefficient (Wildman–Crippen LogP) is 35.8. The second kappa shape index (κ2) is 72.4. The number of oxazole rings is 2. The molecule has 10 nitrogen and oxygen atoms in total. The van der Waals surface area contributed by atoms with E-state index in [0.717, 1.165) is 88.2 Å². The highest BCUT2D eigenvalue weighted by atomic mass is 16.5. The van der Waals surface area contributed by atoms with Gasteiger partial charge in [-0.05, 0) is 62.8 Å². The summed E-state index contributed by atoms with van der Waals surface area (Å²) >= 11 is 0. The van der Waals surface area contributed by atoms with Gasteiger partial charge in [0.1, 0.15) is 11.0 Å². The van der Waals surface area contributed by atoms with E-state index in [9.17, 15) is 0 Å². The fourth-order valence-electron chi connectivity index (χ4n) is 16.4. The average Bonchev–Trinajstić information content (AvgIpc) is 1.70. The van der Waals surface area contributed by atoms with Gasteiger partial charge in [-0.2, -0.15) is 0 Å². The van der Waals surface area contributed by atoms with Crippen molar-refractivity contribution in [2.45, 2.75) is 504 Å². The Bertz CT molecular complexity index is 2600. The van der Waals surface area contributed by atoms with Gasteiger partial charge >= 0.3 is 0 Å². The smallest absolute Gasteiger partial charge is 0.227 e. The first-order valence-electron chi connectivity index (χ1n) is 50.4. The minimum absolute atomic E-state index is 0.500. The first kappa shape index (κ1) is 100.0. The zero-order chi connectivity index (χ0) is 80.6. The molecule has 3 aromatic carbocycles. The van der Waals surface area contributed by atoms with Gasteiger partial charge in [0.15, 0.2) is 34.2 Å². The molecule has 0 aliphatic rings. The molecule has 2 heterocycles. The minimum Gasteiger partial charge on any atom is -0.490 e. The lowest BCUT2D eigenvalue weighted by atomic mass is 10.1. The van der Waals surface area contributed by atoms with Crippen molar-refractivity contribution >= 4 is 22.2 Å². The Morgan fingerprint density at radius 2 is 0.333 bits per heavy atom. The Balaban J connectivity index is 1.40. The van der Waals surface area contributed by atoms with Crippen LogP contribution in [0.3, 0.4) is 0 Å². The van der Waals surface area contributed by atoms with Gasteiger partial charge in [0.2, 0.25) is 23.3 Å². The van der Waals surface area contributed by atoms with Crippen molar-refractivity contribution in [1.82, 2.24) is 9.97 Å². The molecule has 0 N–H and O–H groups in total. The van der Waals surface area contributed by atoms with Crippen LogP contribution in [0.5, 0.6) is 34.5 Å². The summed E-state index contributed by atoms with van der Waals surface area (Å²) in [6, 6.07) is 12.3. The molecule has 5 aromatic rings. The maximum Gasteiger partial charge on any atom is 0.227 e. The summed E-state index contributed by atoms with van der Waals surface area (Å²) in [7, 11) is 0. The molecule has 0 bridgehead atoms. The molecule has 2 aromatic heterocycles. The predicted molar refractivity (Wildman–Crippen MR) is 492 cm³/mol. The van der Waals surface area contributed by atoms with Crippen LogP contribution in [-0.2, 0) is 0 Å². The third-order valence-electron chi connectivity index (χ3n) is 23.9. The van der Waals surface area contributed by atoms with E-state index in [0.29, 0.717) is 108 Å². The first-order valence-corrected chi connectivity index (χ1v) is 50.4. The van der Waals surface area contributed by atoms with E-state index in [1.165, 1.54) is 385 Å². The molecule has 0 fully saturated rings. The van der Waals surface area contributed by atoms with Crippen molar-refractivity contribution in [2.75, 3.05) is 39.6 Å². The molecule has 0 unspecified atom stereocenters. The summed E-state index contributed by atoms with van der Waals surface area (Å²) < 4.78 is 54.9. The molecule has 0 amide bonds. The highest BCUT2D eigenvalue weighted by Crippen LogP contribution is 2.45. The van der Waals surface area contributed by atoms with Crippen LogP contribution in [-0.4, -0.2) is 49.6 Å². The molecule has 0 atom stereocenters. The molecule has 0 spiro atoms. The molecule has 0 saturated heterocycles. The van der Waals surface area contributed by atoms with Gasteiger partial charge in [0, 0.05) is 23.3 Å². The van der Waals surface area contributed by atoms with Crippen LogP contribution in [0.15, 0.2) is 45.2 Å². The summed E-state index contributed by atoms with van der Waals surface area (Å²) in [5.74, 6) is 5.24. The number of rotatable bonds is 86. The number of unbranched alkanes of at least 4 members (excludes halogenated alkanes) is 66. The van der Waals surface area contributed by atoms with Crippen molar-refractivity contribution in [3.63, 3.8) is 0 Å². The van der Waals surface area contributed by atoms with Crippen molar-refractivity contribution < 1.29 is 37.3 Å². The van der Waals surface area contributed by atoms with E-state index in [2.05, 4.69) is 65.8 Å². The summed E-state index contributed by atoms with van der Waals surface area (Å²) in [6.07, 6.45) is 93.6. The average molecular weight is 1590 g/mol. The number of benzene rings is 3. The number of ether oxygens (including phenoxy) is 6. The van der Waals surface area contributed by atoms with Gasteiger partial charge in [-0.3, -0.25) is 0 Å². The number of aromatic nitrogens is 2. The fraction of sp³-hybridized carbons (Fsp3) is 0.808. The van der Waals surface area contributed by atoms with E-state index in [4.69, 9.17) is 47.2 Å². The lowest BCUT2D eigenvalue weighted by Gasteiger charge is -2.18. The van der Waals surface area contributed by atoms with E-state index in [1.807, 2.05) is 12.1 Å². The molecule has 0 aliphatic heterocycles. The third kappa shape index (κ3) is 49.1. The highest BCUT2D eigenvalue weighted by Gasteiger charge is 2.24. The second-order valence-electron chi connectivity index (χ2n) is 34.9. The molecule has 10 heteroatoms. The van der Waals surface area contributed by atoms with Gasteiger partial charge in [-0.25, -0.2) is 9.97 Å². The zero-order valence-electron chi connectivity index (χ0n) is 75.8.